The number of carbonyl (C=O) groups is 4. The van der Waals surface area contributed by atoms with E-state index >= 15 is 0 Å². The molecule has 0 saturated carbocycles. The van der Waals surface area contributed by atoms with Gasteiger partial charge in [0.2, 0.25) is 5.91 Å². The minimum atomic E-state index is -1.55. The first kappa shape index (κ1) is 24.1. The molecule has 8 heteroatoms. The van der Waals surface area contributed by atoms with E-state index in [1.807, 2.05) is 6.92 Å². The molecule has 0 spiro atoms. The molecule has 0 heterocycles. The van der Waals surface area contributed by atoms with E-state index in [9.17, 15) is 24.3 Å². The van der Waals surface area contributed by atoms with E-state index in [1.165, 1.54) is 24.3 Å². The number of hydrogen-bond acceptors (Lipinski definition) is 7. The molecule has 0 aliphatic heterocycles. The number of carbonyl (C=O) groups excluding carboxylic acids is 4. The van der Waals surface area contributed by atoms with Crippen LogP contribution in [-0.2, 0) is 23.9 Å². The van der Waals surface area contributed by atoms with Gasteiger partial charge >= 0.3 is 11.9 Å². The Morgan fingerprint density at radius 1 is 1.00 bits per heavy atom. The lowest BCUT2D eigenvalue weighted by Crippen LogP contribution is -2.43. The van der Waals surface area contributed by atoms with E-state index in [1.54, 1.807) is 13.8 Å². The summed E-state index contributed by atoms with van der Waals surface area (Å²) in [4.78, 5) is 48.6. The van der Waals surface area contributed by atoms with Crippen molar-refractivity contribution in [2.75, 3.05) is 18.5 Å². The Kier molecular flexibility index (Phi) is 9.85. The van der Waals surface area contributed by atoms with Crippen LogP contribution >= 0.6 is 0 Å². The lowest BCUT2D eigenvalue weighted by Gasteiger charge is -2.29. The Balaban J connectivity index is 2.98. The second-order valence-corrected chi connectivity index (χ2v) is 6.54. The minimum Gasteiger partial charge on any atom is -0.545 e. The quantitative estimate of drug-likeness (QED) is 0.416. The number of benzene rings is 1. The average molecular weight is 406 g/mol. The second kappa shape index (κ2) is 11.8. The van der Waals surface area contributed by atoms with Crippen molar-refractivity contribution in [1.82, 2.24) is 0 Å². The standard InChI is InChI=1S/C21H29NO7/c1-4-7-12-21(19(26)28-5-2,20(27)29-6-3)13-11-17(23)22-16-10-8-9-15(14-16)18(24)25/h8-10,14H,4-7,11-13H2,1-3H3,(H,22,23)(H,24,25)/p-1. The van der Waals surface area contributed by atoms with Crippen molar-refractivity contribution in [3.8, 4) is 0 Å². The first-order valence-electron chi connectivity index (χ1n) is 9.76. The summed E-state index contributed by atoms with van der Waals surface area (Å²) < 4.78 is 10.2. The number of nitrogens with one attached hydrogen (secondary N) is 1. The molecule has 160 valence electrons. The average Bonchev–Trinajstić information content (AvgIpc) is 2.68. The Morgan fingerprint density at radius 2 is 1.62 bits per heavy atom. The molecule has 0 unspecified atom stereocenters. The van der Waals surface area contributed by atoms with Crippen molar-refractivity contribution < 1.29 is 33.8 Å². The second-order valence-electron chi connectivity index (χ2n) is 6.54. The van der Waals surface area contributed by atoms with E-state index in [-0.39, 0.29) is 43.7 Å². The largest absolute Gasteiger partial charge is 0.545 e. The lowest BCUT2D eigenvalue weighted by molar-refractivity contribution is -0.255. The number of ether oxygens (including phenoxy) is 2. The number of anilines is 1. The van der Waals surface area contributed by atoms with E-state index in [0.29, 0.717) is 6.42 Å². The van der Waals surface area contributed by atoms with E-state index in [0.717, 1.165) is 6.42 Å². The molecule has 0 bridgehead atoms. The molecule has 1 rings (SSSR count). The van der Waals surface area contributed by atoms with E-state index in [4.69, 9.17) is 9.47 Å². The zero-order valence-corrected chi connectivity index (χ0v) is 17.1. The molecule has 8 nitrogen and oxygen atoms in total. The van der Waals surface area contributed by atoms with Crippen LogP contribution in [0.3, 0.4) is 0 Å². The van der Waals surface area contributed by atoms with Crippen LogP contribution in [0.2, 0.25) is 0 Å². The highest BCUT2D eigenvalue weighted by atomic mass is 16.6. The Morgan fingerprint density at radius 3 is 2.14 bits per heavy atom. The summed E-state index contributed by atoms with van der Waals surface area (Å²) in [7, 11) is 0. The topological polar surface area (TPSA) is 122 Å². The molecule has 29 heavy (non-hydrogen) atoms. The molecule has 0 atom stereocenters. The zero-order chi connectivity index (χ0) is 21.9. The first-order chi connectivity index (χ1) is 13.8. The van der Waals surface area contributed by atoms with Crippen LogP contribution in [0.4, 0.5) is 5.69 Å². The number of hydrogen-bond donors (Lipinski definition) is 1. The highest BCUT2D eigenvalue weighted by Gasteiger charge is 2.48. The van der Waals surface area contributed by atoms with Gasteiger partial charge in [-0.25, -0.2) is 0 Å². The number of rotatable bonds is 12. The Labute approximate surface area is 170 Å². The monoisotopic (exact) mass is 406 g/mol. The molecule has 1 N–H and O–H groups in total. The number of unbranched alkanes of at least 4 members (excludes halogenated alkanes) is 1. The van der Waals surface area contributed by atoms with Crippen LogP contribution in [0.5, 0.6) is 0 Å². The van der Waals surface area contributed by atoms with Gasteiger partial charge in [0, 0.05) is 12.1 Å². The summed E-state index contributed by atoms with van der Waals surface area (Å²) in [5.74, 6) is -3.21. The molecule has 1 aromatic rings. The SMILES string of the molecule is CCCCC(CCC(=O)Nc1cccc(C(=O)[O-])c1)(C(=O)OCC)C(=O)OCC. The van der Waals surface area contributed by atoms with E-state index < -0.39 is 29.2 Å². The smallest absolute Gasteiger partial charge is 0.323 e. The van der Waals surface area contributed by atoms with Crippen LogP contribution in [-0.4, -0.2) is 37.0 Å². The van der Waals surface area contributed by atoms with Gasteiger partial charge in [-0.3, -0.25) is 14.4 Å². The molecule has 1 amide bonds. The number of amides is 1. The number of aromatic carboxylic acids is 1. The maximum atomic E-state index is 12.7. The fraction of sp³-hybridized carbons (Fsp3) is 0.524. The third-order valence-electron chi connectivity index (χ3n) is 4.45. The van der Waals surface area contributed by atoms with E-state index in [2.05, 4.69) is 5.32 Å². The van der Waals surface area contributed by atoms with Gasteiger partial charge < -0.3 is 24.7 Å². The van der Waals surface area contributed by atoms with Crippen LogP contribution < -0.4 is 10.4 Å². The Bertz CT molecular complexity index is 711. The highest BCUT2D eigenvalue weighted by Crippen LogP contribution is 2.34. The fourth-order valence-corrected chi connectivity index (χ4v) is 2.91. The molecule has 1 aromatic carbocycles. The molecule has 0 radical (unpaired) electrons. The maximum absolute atomic E-state index is 12.7. The third-order valence-corrected chi connectivity index (χ3v) is 4.45. The minimum absolute atomic E-state index is 0.0712. The van der Waals surface area contributed by atoms with Gasteiger partial charge in [-0.05, 0) is 44.4 Å². The van der Waals surface area contributed by atoms with Crippen molar-refractivity contribution in [2.45, 2.75) is 52.9 Å². The normalized spacial score (nSPS) is 10.9. The first-order valence-corrected chi connectivity index (χ1v) is 9.76. The summed E-state index contributed by atoms with van der Waals surface area (Å²) >= 11 is 0. The van der Waals surface area contributed by atoms with Gasteiger partial charge in [0.15, 0.2) is 5.41 Å². The van der Waals surface area contributed by atoms with Crippen molar-refractivity contribution in [3.05, 3.63) is 29.8 Å². The van der Waals surface area contributed by atoms with Gasteiger partial charge in [-0.1, -0.05) is 31.9 Å². The summed E-state index contributed by atoms with van der Waals surface area (Å²) in [6.45, 7) is 5.43. The molecule has 0 aliphatic rings. The maximum Gasteiger partial charge on any atom is 0.323 e. The summed E-state index contributed by atoms with van der Waals surface area (Å²) in [5.41, 5.74) is -1.34. The highest BCUT2D eigenvalue weighted by molar-refractivity contribution is 6.01. The number of esters is 2. The van der Waals surface area contributed by atoms with Crippen molar-refractivity contribution in [3.63, 3.8) is 0 Å². The predicted octanol–water partition coefficient (Wildman–Crippen LogP) is 2.07. The summed E-state index contributed by atoms with van der Waals surface area (Å²) in [5, 5.41) is 13.5. The van der Waals surface area contributed by atoms with Crippen LogP contribution in [0.1, 0.15) is 63.2 Å². The number of carboxylic acid groups (broad SMARTS) is 1. The van der Waals surface area contributed by atoms with Crippen LogP contribution in [0.25, 0.3) is 0 Å². The van der Waals surface area contributed by atoms with Crippen molar-refractivity contribution in [2.24, 2.45) is 5.41 Å². The molecule has 0 aliphatic carbocycles. The molecular weight excluding hydrogens is 378 g/mol. The molecular formula is C21H28NO7-. The summed E-state index contributed by atoms with van der Waals surface area (Å²) in [6.07, 6.45) is 1.35. The molecule has 0 saturated heterocycles. The predicted molar refractivity (Wildman–Crippen MR) is 104 cm³/mol. The van der Waals surface area contributed by atoms with Gasteiger partial charge in [-0.15, -0.1) is 0 Å². The fourth-order valence-electron chi connectivity index (χ4n) is 2.91. The van der Waals surface area contributed by atoms with Gasteiger partial charge in [-0.2, -0.15) is 0 Å². The lowest BCUT2D eigenvalue weighted by atomic mass is 9.78. The Hall–Kier alpha value is -2.90. The van der Waals surface area contributed by atoms with Crippen LogP contribution in [0.15, 0.2) is 24.3 Å². The molecule has 0 aromatic heterocycles. The van der Waals surface area contributed by atoms with Gasteiger partial charge in [0.25, 0.3) is 0 Å². The van der Waals surface area contributed by atoms with Crippen molar-refractivity contribution in [1.29, 1.82) is 0 Å². The van der Waals surface area contributed by atoms with Gasteiger partial charge in [0.05, 0.1) is 19.2 Å². The summed E-state index contributed by atoms with van der Waals surface area (Å²) in [6, 6.07) is 5.63. The van der Waals surface area contributed by atoms with Crippen LogP contribution in [0, 0.1) is 5.41 Å². The molecule has 0 fully saturated rings. The van der Waals surface area contributed by atoms with Gasteiger partial charge in [0.1, 0.15) is 0 Å². The zero-order valence-electron chi connectivity index (χ0n) is 17.1. The van der Waals surface area contributed by atoms with Crippen molar-refractivity contribution >= 4 is 29.5 Å². The number of carboxylic acids is 1. The third kappa shape index (κ3) is 6.89.